The van der Waals surface area contributed by atoms with Gasteiger partial charge in [-0.2, -0.15) is 0 Å². The summed E-state index contributed by atoms with van der Waals surface area (Å²) in [5.74, 6) is 0. The average Bonchev–Trinajstić information content (AvgIpc) is 2.41. The van der Waals surface area contributed by atoms with Crippen LogP contribution >= 0.6 is 0 Å². The van der Waals surface area contributed by atoms with Crippen LogP contribution < -0.4 is 0 Å². The summed E-state index contributed by atoms with van der Waals surface area (Å²) in [6, 6.07) is 18.0. The molecule has 0 heterocycles. The molecule has 0 aromatic heterocycles. The van der Waals surface area contributed by atoms with Gasteiger partial charge in [-0.1, -0.05) is 60.7 Å². The van der Waals surface area contributed by atoms with E-state index in [0.29, 0.717) is 11.1 Å². The lowest BCUT2D eigenvalue weighted by Crippen LogP contribution is -2.23. The van der Waals surface area contributed by atoms with Crippen molar-refractivity contribution in [1.29, 1.82) is 0 Å². The largest absolute Gasteiger partial charge is 0.396 e. The van der Waals surface area contributed by atoms with Gasteiger partial charge in [0.05, 0.1) is 0 Å². The van der Waals surface area contributed by atoms with Gasteiger partial charge in [0, 0.05) is 13.0 Å². The Morgan fingerprint density at radius 1 is 0.824 bits per heavy atom. The number of alkyl halides is 1. The number of hydrogen-bond donors (Lipinski definition) is 1. The highest BCUT2D eigenvalue weighted by Crippen LogP contribution is 2.36. The Morgan fingerprint density at radius 2 is 1.24 bits per heavy atom. The molecule has 0 unspecified atom stereocenters. The van der Waals surface area contributed by atoms with Gasteiger partial charge in [0.25, 0.3) is 0 Å². The lowest BCUT2D eigenvalue weighted by molar-refractivity contribution is 0.154. The van der Waals surface area contributed by atoms with Gasteiger partial charge in [0.15, 0.2) is 5.67 Å². The predicted octanol–water partition coefficient (Wildman–Crippen LogP) is 3.28. The van der Waals surface area contributed by atoms with E-state index in [4.69, 9.17) is 5.11 Å². The molecule has 0 atom stereocenters. The van der Waals surface area contributed by atoms with Crippen molar-refractivity contribution in [3.05, 3.63) is 71.8 Å². The van der Waals surface area contributed by atoms with Crippen LogP contribution in [0.4, 0.5) is 4.39 Å². The molecule has 0 aliphatic heterocycles. The maximum absolute atomic E-state index is 15.1. The summed E-state index contributed by atoms with van der Waals surface area (Å²) in [5, 5.41) is 9.08. The maximum atomic E-state index is 15.1. The third-order valence-corrected chi connectivity index (χ3v) is 2.92. The van der Waals surface area contributed by atoms with E-state index in [2.05, 4.69) is 0 Å². The highest BCUT2D eigenvalue weighted by atomic mass is 19.1. The van der Waals surface area contributed by atoms with Crippen LogP contribution in [0.3, 0.4) is 0 Å². The SMILES string of the molecule is OCCC(F)(c1ccccc1)c1ccccc1. The van der Waals surface area contributed by atoms with Crippen LogP contribution in [0.15, 0.2) is 60.7 Å². The minimum atomic E-state index is -1.61. The average molecular weight is 230 g/mol. The Labute approximate surface area is 101 Å². The Hall–Kier alpha value is -1.67. The molecule has 0 aliphatic carbocycles. The number of aliphatic hydroxyl groups excluding tert-OH is 1. The van der Waals surface area contributed by atoms with Crippen LogP contribution in [-0.4, -0.2) is 11.7 Å². The van der Waals surface area contributed by atoms with Gasteiger partial charge in [-0.05, 0) is 11.1 Å². The Morgan fingerprint density at radius 3 is 1.59 bits per heavy atom. The molecule has 0 saturated carbocycles. The van der Waals surface area contributed by atoms with Gasteiger partial charge < -0.3 is 5.11 Å². The molecule has 0 amide bonds. The number of benzene rings is 2. The van der Waals surface area contributed by atoms with Crippen LogP contribution in [0, 0.1) is 0 Å². The minimum absolute atomic E-state index is 0.0705. The van der Waals surface area contributed by atoms with Crippen LogP contribution in [0.5, 0.6) is 0 Å². The quantitative estimate of drug-likeness (QED) is 0.854. The third-order valence-electron chi connectivity index (χ3n) is 2.92. The molecule has 0 radical (unpaired) electrons. The fraction of sp³-hybridized carbons (Fsp3) is 0.200. The van der Waals surface area contributed by atoms with Crippen LogP contribution in [0.1, 0.15) is 17.5 Å². The van der Waals surface area contributed by atoms with Crippen LogP contribution in [-0.2, 0) is 5.67 Å². The maximum Gasteiger partial charge on any atom is 0.163 e. The van der Waals surface area contributed by atoms with Gasteiger partial charge >= 0.3 is 0 Å². The summed E-state index contributed by atoms with van der Waals surface area (Å²) < 4.78 is 15.1. The van der Waals surface area contributed by atoms with Crippen LogP contribution in [0.25, 0.3) is 0 Å². The molecule has 2 aromatic carbocycles. The zero-order valence-corrected chi connectivity index (χ0v) is 9.51. The number of halogens is 1. The normalized spacial score (nSPS) is 11.4. The highest BCUT2D eigenvalue weighted by molar-refractivity contribution is 5.35. The molecule has 2 aromatic rings. The second kappa shape index (κ2) is 5.11. The number of aliphatic hydroxyl groups is 1. The zero-order chi connectivity index (χ0) is 12.1. The van der Waals surface area contributed by atoms with E-state index in [1.54, 1.807) is 24.3 Å². The fourth-order valence-corrected chi connectivity index (χ4v) is 2.01. The first-order valence-corrected chi connectivity index (χ1v) is 5.68. The smallest absolute Gasteiger partial charge is 0.163 e. The van der Waals surface area contributed by atoms with Gasteiger partial charge in [-0.3, -0.25) is 0 Å². The molecule has 0 spiro atoms. The Kier molecular flexibility index (Phi) is 3.55. The van der Waals surface area contributed by atoms with Crippen molar-refractivity contribution in [3.63, 3.8) is 0 Å². The minimum Gasteiger partial charge on any atom is -0.396 e. The first kappa shape index (κ1) is 11.8. The van der Waals surface area contributed by atoms with Crippen molar-refractivity contribution >= 4 is 0 Å². The summed E-state index contributed by atoms with van der Waals surface area (Å²) in [6.07, 6.45) is 0.0705. The van der Waals surface area contributed by atoms with Crippen molar-refractivity contribution in [3.8, 4) is 0 Å². The molecule has 0 aliphatic rings. The second-order valence-corrected chi connectivity index (χ2v) is 4.01. The Balaban J connectivity index is 2.47. The van der Waals surface area contributed by atoms with E-state index in [-0.39, 0.29) is 13.0 Å². The third kappa shape index (κ3) is 2.37. The van der Waals surface area contributed by atoms with E-state index in [0.717, 1.165) is 0 Å². The first-order valence-electron chi connectivity index (χ1n) is 5.68. The van der Waals surface area contributed by atoms with Gasteiger partial charge in [-0.25, -0.2) is 4.39 Å². The van der Waals surface area contributed by atoms with E-state index in [9.17, 15) is 0 Å². The molecule has 1 N–H and O–H groups in total. The summed E-state index contributed by atoms with van der Waals surface area (Å²) in [6.45, 7) is -0.180. The molecule has 1 nitrogen and oxygen atoms in total. The van der Waals surface area contributed by atoms with Gasteiger partial charge in [0.1, 0.15) is 0 Å². The van der Waals surface area contributed by atoms with Crippen molar-refractivity contribution in [2.75, 3.05) is 6.61 Å². The fourth-order valence-electron chi connectivity index (χ4n) is 2.01. The second-order valence-electron chi connectivity index (χ2n) is 4.01. The van der Waals surface area contributed by atoms with Crippen molar-refractivity contribution < 1.29 is 9.50 Å². The molecule has 2 rings (SSSR count). The lowest BCUT2D eigenvalue weighted by atomic mass is 9.85. The summed E-state index contributed by atoms with van der Waals surface area (Å²) in [7, 11) is 0. The lowest BCUT2D eigenvalue weighted by Gasteiger charge is -2.25. The molecule has 0 saturated heterocycles. The van der Waals surface area contributed by atoms with Crippen molar-refractivity contribution in [2.45, 2.75) is 12.1 Å². The summed E-state index contributed by atoms with van der Waals surface area (Å²) in [5.41, 5.74) is -0.447. The molecule has 0 bridgehead atoms. The van der Waals surface area contributed by atoms with E-state index in [1.165, 1.54) is 0 Å². The molecule has 17 heavy (non-hydrogen) atoms. The summed E-state index contributed by atoms with van der Waals surface area (Å²) >= 11 is 0. The predicted molar refractivity (Wildman–Crippen MR) is 66.5 cm³/mol. The Bertz CT molecular complexity index is 413. The molecular weight excluding hydrogens is 215 g/mol. The van der Waals surface area contributed by atoms with Gasteiger partial charge in [-0.15, -0.1) is 0 Å². The van der Waals surface area contributed by atoms with E-state index < -0.39 is 5.67 Å². The topological polar surface area (TPSA) is 20.2 Å². The highest BCUT2D eigenvalue weighted by Gasteiger charge is 2.33. The first-order chi connectivity index (χ1) is 8.27. The summed E-state index contributed by atoms with van der Waals surface area (Å²) in [4.78, 5) is 0. The number of hydrogen-bond acceptors (Lipinski definition) is 1. The van der Waals surface area contributed by atoms with Crippen LogP contribution in [0.2, 0.25) is 0 Å². The zero-order valence-electron chi connectivity index (χ0n) is 9.51. The van der Waals surface area contributed by atoms with Crippen molar-refractivity contribution in [1.82, 2.24) is 0 Å². The molecule has 2 heteroatoms. The monoisotopic (exact) mass is 230 g/mol. The standard InChI is InChI=1S/C15H15FO/c16-15(11-12-17,13-7-3-1-4-8-13)14-9-5-2-6-10-14/h1-10,17H,11-12H2. The van der Waals surface area contributed by atoms with Crippen molar-refractivity contribution in [2.24, 2.45) is 0 Å². The molecule has 0 fully saturated rings. The van der Waals surface area contributed by atoms with E-state index in [1.807, 2.05) is 36.4 Å². The molecular formula is C15H15FO. The molecule has 88 valence electrons. The van der Waals surface area contributed by atoms with E-state index >= 15 is 4.39 Å². The number of rotatable bonds is 4. The van der Waals surface area contributed by atoms with Gasteiger partial charge in [0.2, 0.25) is 0 Å².